The molecule has 0 spiro atoms. The van der Waals surface area contributed by atoms with E-state index in [4.69, 9.17) is 16.0 Å². The molecule has 1 aromatic heterocycles. The zero-order valence-electron chi connectivity index (χ0n) is 10.8. The lowest BCUT2D eigenvalue weighted by atomic mass is 9.94. The van der Waals surface area contributed by atoms with Gasteiger partial charge in [-0.2, -0.15) is 0 Å². The Kier molecular flexibility index (Phi) is 2.37. The number of aryl methyl sites for hydroxylation is 1. The number of alkyl halides is 1. The minimum absolute atomic E-state index is 0.0442. The average Bonchev–Trinajstić information content (AvgIpc) is 2.91. The lowest BCUT2D eigenvalue weighted by Crippen LogP contribution is -2.08. The highest BCUT2D eigenvalue weighted by atomic mass is 35.5. The molecular formula is C15H16ClNO2. The number of hydrogen-bond donors (Lipinski definition) is 0. The van der Waals surface area contributed by atoms with Gasteiger partial charge in [0.25, 0.3) is 0 Å². The van der Waals surface area contributed by atoms with Gasteiger partial charge in [-0.3, -0.25) is 4.57 Å². The van der Waals surface area contributed by atoms with E-state index < -0.39 is 0 Å². The first-order valence-corrected chi connectivity index (χ1v) is 7.30. The van der Waals surface area contributed by atoms with Gasteiger partial charge in [0.2, 0.25) is 0 Å². The second-order valence-corrected chi connectivity index (χ2v) is 6.51. The molecule has 1 heterocycles. The monoisotopic (exact) mass is 277 g/mol. The first-order chi connectivity index (χ1) is 9.13. The summed E-state index contributed by atoms with van der Waals surface area (Å²) in [4.78, 5) is 11.5. The lowest BCUT2D eigenvalue weighted by molar-refractivity contribution is 0.471. The Balaban J connectivity index is 1.68. The van der Waals surface area contributed by atoms with Crippen LogP contribution in [0.4, 0.5) is 0 Å². The Bertz CT molecular complexity index is 692. The molecule has 2 saturated carbocycles. The predicted octanol–water partition coefficient (Wildman–Crippen LogP) is 3.46. The number of hydrogen-bond acceptors (Lipinski definition) is 2. The van der Waals surface area contributed by atoms with E-state index in [1.807, 2.05) is 18.2 Å². The largest absolute Gasteiger partial charge is 0.419 e. The number of nitrogens with zero attached hydrogens (tertiary/aromatic N) is 1. The second kappa shape index (κ2) is 3.89. The topological polar surface area (TPSA) is 35.1 Å². The molecule has 1 aromatic carbocycles. The lowest BCUT2D eigenvalue weighted by Gasteiger charge is -2.18. The molecule has 0 N–H and O–H groups in total. The van der Waals surface area contributed by atoms with Crippen LogP contribution in [0.1, 0.15) is 30.2 Å². The van der Waals surface area contributed by atoms with Gasteiger partial charge in [0, 0.05) is 7.05 Å². The molecule has 2 fully saturated rings. The van der Waals surface area contributed by atoms with Crippen LogP contribution in [0.3, 0.4) is 0 Å². The van der Waals surface area contributed by atoms with Crippen LogP contribution >= 0.6 is 11.6 Å². The highest BCUT2D eigenvalue weighted by Gasteiger charge is 2.47. The van der Waals surface area contributed by atoms with Crippen LogP contribution in [0, 0.1) is 17.8 Å². The molecule has 0 bridgehead atoms. The van der Waals surface area contributed by atoms with Crippen molar-refractivity contribution in [1.29, 1.82) is 0 Å². The van der Waals surface area contributed by atoms with E-state index in [1.165, 1.54) is 23.8 Å². The van der Waals surface area contributed by atoms with Gasteiger partial charge in [0.1, 0.15) is 0 Å². The summed E-state index contributed by atoms with van der Waals surface area (Å²) >= 11 is 6.62. The standard InChI is InChI=1S/C15H16ClNO2/c1-17-12-3-2-8(7-13(12)19-15(17)18)14(16)11-5-9-4-10(9)6-11/h2-3,7,9-11,14H,4-6H2,1H3. The van der Waals surface area contributed by atoms with Crippen molar-refractivity contribution in [2.24, 2.45) is 24.8 Å². The third-order valence-corrected chi connectivity index (χ3v) is 5.44. The molecular weight excluding hydrogens is 262 g/mol. The van der Waals surface area contributed by atoms with Crippen molar-refractivity contribution < 1.29 is 4.42 Å². The molecule has 3 atom stereocenters. The first-order valence-electron chi connectivity index (χ1n) is 6.87. The second-order valence-electron chi connectivity index (χ2n) is 6.04. The van der Waals surface area contributed by atoms with Crippen molar-refractivity contribution in [2.75, 3.05) is 0 Å². The van der Waals surface area contributed by atoms with Crippen LogP contribution in [0.5, 0.6) is 0 Å². The maximum absolute atomic E-state index is 11.5. The van der Waals surface area contributed by atoms with Crippen LogP contribution in [-0.2, 0) is 7.05 Å². The minimum Gasteiger partial charge on any atom is -0.408 e. The number of aromatic nitrogens is 1. The van der Waals surface area contributed by atoms with E-state index in [2.05, 4.69) is 0 Å². The summed E-state index contributed by atoms with van der Waals surface area (Å²) < 4.78 is 6.75. The fraction of sp³-hybridized carbons (Fsp3) is 0.533. The zero-order chi connectivity index (χ0) is 13.1. The van der Waals surface area contributed by atoms with Gasteiger partial charge >= 0.3 is 5.76 Å². The molecule has 2 aromatic rings. The first kappa shape index (κ1) is 11.6. The number of benzene rings is 1. The molecule has 0 saturated heterocycles. The molecule has 4 heteroatoms. The van der Waals surface area contributed by atoms with Crippen LogP contribution < -0.4 is 5.76 Å². The number of oxazole rings is 1. The van der Waals surface area contributed by atoms with Crippen LogP contribution in [0.25, 0.3) is 11.1 Å². The van der Waals surface area contributed by atoms with Crippen molar-refractivity contribution in [3.8, 4) is 0 Å². The third-order valence-electron chi connectivity index (χ3n) is 4.83. The fourth-order valence-corrected chi connectivity index (χ4v) is 3.94. The normalized spacial score (nSPS) is 30.5. The van der Waals surface area contributed by atoms with Crippen LogP contribution in [0.2, 0.25) is 0 Å². The van der Waals surface area contributed by atoms with E-state index in [0.717, 1.165) is 22.9 Å². The van der Waals surface area contributed by atoms with Crippen LogP contribution in [-0.4, -0.2) is 4.57 Å². The Morgan fingerprint density at radius 2 is 2.05 bits per heavy atom. The highest BCUT2D eigenvalue weighted by molar-refractivity contribution is 6.21. The smallest absolute Gasteiger partial charge is 0.408 e. The van der Waals surface area contributed by atoms with Gasteiger partial charge in [-0.15, -0.1) is 11.6 Å². The number of rotatable bonds is 2. The van der Waals surface area contributed by atoms with Gasteiger partial charge in [0.05, 0.1) is 10.9 Å². The molecule has 2 aliphatic rings. The van der Waals surface area contributed by atoms with Gasteiger partial charge in [-0.25, -0.2) is 4.79 Å². The Morgan fingerprint density at radius 3 is 2.79 bits per heavy atom. The molecule has 100 valence electrons. The summed E-state index contributed by atoms with van der Waals surface area (Å²) in [5, 5.41) is 0.0442. The van der Waals surface area contributed by atoms with Crippen LogP contribution in [0.15, 0.2) is 27.4 Å². The molecule has 0 aliphatic heterocycles. The maximum atomic E-state index is 11.5. The highest BCUT2D eigenvalue weighted by Crippen LogP contribution is 2.58. The Labute approximate surface area is 116 Å². The fourth-order valence-electron chi connectivity index (χ4n) is 3.59. The maximum Gasteiger partial charge on any atom is 0.419 e. The van der Waals surface area contributed by atoms with Crippen molar-refractivity contribution in [3.63, 3.8) is 0 Å². The zero-order valence-corrected chi connectivity index (χ0v) is 11.6. The molecule has 0 radical (unpaired) electrons. The summed E-state index contributed by atoms with van der Waals surface area (Å²) in [6.07, 6.45) is 3.93. The third kappa shape index (κ3) is 1.75. The Morgan fingerprint density at radius 1 is 1.32 bits per heavy atom. The van der Waals surface area contributed by atoms with Crippen molar-refractivity contribution >= 4 is 22.7 Å². The molecule has 4 rings (SSSR count). The summed E-state index contributed by atoms with van der Waals surface area (Å²) in [7, 11) is 1.72. The van der Waals surface area contributed by atoms with E-state index >= 15 is 0 Å². The SMILES string of the molecule is Cn1c(=O)oc2cc(C(Cl)C3CC4CC4C3)ccc21. The van der Waals surface area contributed by atoms with Crippen molar-refractivity contribution in [2.45, 2.75) is 24.6 Å². The van der Waals surface area contributed by atoms with E-state index in [1.54, 1.807) is 7.05 Å². The van der Waals surface area contributed by atoms with Crippen molar-refractivity contribution in [3.05, 3.63) is 34.3 Å². The average molecular weight is 278 g/mol. The Hall–Kier alpha value is -1.22. The predicted molar refractivity (Wildman–Crippen MR) is 74.4 cm³/mol. The molecule has 19 heavy (non-hydrogen) atoms. The van der Waals surface area contributed by atoms with Gasteiger partial charge in [-0.1, -0.05) is 6.07 Å². The number of fused-ring (bicyclic) bond motifs is 2. The van der Waals surface area contributed by atoms with Gasteiger partial charge < -0.3 is 4.42 Å². The summed E-state index contributed by atoms with van der Waals surface area (Å²) in [5.41, 5.74) is 2.54. The van der Waals surface area contributed by atoms with E-state index in [0.29, 0.717) is 11.5 Å². The number of halogens is 1. The summed E-state index contributed by atoms with van der Waals surface area (Å²) in [5.74, 6) is 2.13. The van der Waals surface area contributed by atoms with Gasteiger partial charge in [0.15, 0.2) is 5.58 Å². The summed E-state index contributed by atoms with van der Waals surface area (Å²) in [6, 6.07) is 5.89. The molecule has 3 unspecified atom stereocenters. The van der Waals surface area contributed by atoms with E-state index in [9.17, 15) is 4.79 Å². The molecule has 3 nitrogen and oxygen atoms in total. The van der Waals surface area contributed by atoms with E-state index in [-0.39, 0.29) is 11.1 Å². The quantitative estimate of drug-likeness (QED) is 0.788. The molecule has 2 aliphatic carbocycles. The van der Waals surface area contributed by atoms with Crippen molar-refractivity contribution in [1.82, 2.24) is 4.57 Å². The molecule has 0 amide bonds. The summed E-state index contributed by atoms with van der Waals surface area (Å²) in [6.45, 7) is 0. The van der Waals surface area contributed by atoms with Gasteiger partial charge in [-0.05, 0) is 54.7 Å². The minimum atomic E-state index is -0.319.